The van der Waals surface area contributed by atoms with E-state index in [1.54, 1.807) is 25.4 Å². The van der Waals surface area contributed by atoms with Gasteiger partial charge in [0.05, 0.1) is 12.6 Å². The van der Waals surface area contributed by atoms with Crippen LogP contribution in [0.25, 0.3) is 0 Å². The van der Waals surface area contributed by atoms with Crippen LogP contribution in [0.15, 0.2) is 35.6 Å². The Labute approximate surface area is 136 Å². The van der Waals surface area contributed by atoms with Crippen LogP contribution in [-0.2, 0) is 27.7 Å². The number of rotatable bonds is 5. The monoisotopic (exact) mass is 336 g/mol. The SMILES string of the molecule is COCCc1cnc2n1CCN(S(=O)(=O)c1cccnc1)[C@@H]2C. The minimum atomic E-state index is -3.57. The van der Waals surface area contributed by atoms with Crippen molar-refractivity contribution in [1.29, 1.82) is 0 Å². The minimum absolute atomic E-state index is 0.214. The molecule has 0 spiro atoms. The maximum Gasteiger partial charge on any atom is 0.245 e. The largest absolute Gasteiger partial charge is 0.384 e. The van der Waals surface area contributed by atoms with Crippen molar-refractivity contribution < 1.29 is 13.2 Å². The topological polar surface area (TPSA) is 77.3 Å². The fourth-order valence-electron chi connectivity index (χ4n) is 2.91. The van der Waals surface area contributed by atoms with E-state index in [1.165, 1.54) is 10.5 Å². The first kappa shape index (κ1) is 16.1. The molecule has 1 atom stereocenters. The highest BCUT2D eigenvalue weighted by Crippen LogP contribution is 2.30. The van der Waals surface area contributed by atoms with Crippen molar-refractivity contribution in [3.63, 3.8) is 0 Å². The second kappa shape index (κ2) is 6.38. The molecule has 124 valence electrons. The van der Waals surface area contributed by atoms with Gasteiger partial charge in [0, 0.05) is 50.9 Å². The van der Waals surface area contributed by atoms with Crippen molar-refractivity contribution in [2.45, 2.75) is 30.8 Å². The average Bonchev–Trinajstić information content (AvgIpc) is 2.98. The molecule has 2 aromatic heterocycles. The number of ether oxygens (including phenoxy) is 1. The summed E-state index contributed by atoms with van der Waals surface area (Å²) in [5.41, 5.74) is 1.08. The Morgan fingerprint density at radius 3 is 2.87 bits per heavy atom. The third-order valence-electron chi connectivity index (χ3n) is 4.12. The van der Waals surface area contributed by atoms with Gasteiger partial charge >= 0.3 is 0 Å². The molecule has 23 heavy (non-hydrogen) atoms. The van der Waals surface area contributed by atoms with Gasteiger partial charge in [0.25, 0.3) is 0 Å². The normalized spacial score (nSPS) is 18.8. The molecule has 0 unspecified atom stereocenters. The zero-order valence-electron chi connectivity index (χ0n) is 13.2. The molecule has 0 saturated heterocycles. The van der Waals surface area contributed by atoms with Gasteiger partial charge in [0.15, 0.2) is 0 Å². The molecule has 2 aromatic rings. The van der Waals surface area contributed by atoms with Gasteiger partial charge in [-0.3, -0.25) is 4.98 Å². The summed E-state index contributed by atoms with van der Waals surface area (Å²) in [6.45, 7) is 3.50. The molecule has 1 aliphatic rings. The number of nitrogens with zero attached hydrogens (tertiary/aromatic N) is 4. The molecular weight excluding hydrogens is 316 g/mol. The number of hydrogen-bond donors (Lipinski definition) is 0. The minimum Gasteiger partial charge on any atom is -0.384 e. The second-order valence-corrected chi connectivity index (χ2v) is 7.37. The number of sulfonamides is 1. The fourth-order valence-corrected chi connectivity index (χ4v) is 4.46. The van der Waals surface area contributed by atoms with Crippen LogP contribution in [0.3, 0.4) is 0 Å². The summed E-state index contributed by atoms with van der Waals surface area (Å²) in [4.78, 5) is 8.56. The summed E-state index contributed by atoms with van der Waals surface area (Å²) in [6.07, 6.45) is 5.53. The van der Waals surface area contributed by atoms with Crippen molar-refractivity contribution in [3.05, 3.63) is 42.2 Å². The molecule has 0 N–H and O–H groups in total. The Bertz CT molecular complexity index is 773. The van der Waals surface area contributed by atoms with Gasteiger partial charge < -0.3 is 9.30 Å². The molecular formula is C15H20N4O3S. The summed E-state index contributed by atoms with van der Waals surface area (Å²) < 4.78 is 34.3. The maximum atomic E-state index is 12.8. The highest BCUT2D eigenvalue weighted by Gasteiger charge is 2.35. The molecule has 3 rings (SSSR count). The summed E-state index contributed by atoms with van der Waals surface area (Å²) in [5.74, 6) is 0.773. The Hall–Kier alpha value is -1.77. The average molecular weight is 336 g/mol. The molecule has 1 aliphatic heterocycles. The van der Waals surface area contributed by atoms with Crippen molar-refractivity contribution in [3.8, 4) is 0 Å². The van der Waals surface area contributed by atoms with Gasteiger partial charge in [-0.1, -0.05) is 0 Å². The van der Waals surface area contributed by atoms with Crippen LogP contribution in [0.2, 0.25) is 0 Å². The lowest BCUT2D eigenvalue weighted by atomic mass is 10.2. The van der Waals surface area contributed by atoms with Crippen LogP contribution in [0.4, 0.5) is 0 Å². The molecule has 0 bridgehead atoms. The van der Waals surface area contributed by atoms with Crippen molar-refractivity contribution in [2.75, 3.05) is 20.3 Å². The lowest BCUT2D eigenvalue weighted by molar-refractivity contribution is 0.198. The quantitative estimate of drug-likeness (QED) is 0.821. The summed E-state index contributed by atoms with van der Waals surface area (Å²) >= 11 is 0. The molecule has 8 heteroatoms. The fraction of sp³-hybridized carbons (Fsp3) is 0.467. The van der Waals surface area contributed by atoms with Crippen molar-refractivity contribution in [2.24, 2.45) is 0 Å². The van der Waals surface area contributed by atoms with Gasteiger partial charge in [-0.05, 0) is 19.1 Å². The number of pyridine rings is 1. The molecule has 3 heterocycles. The maximum absolute atomic E-state index is 12.8. The first-order chi connectivity index (χ1) is 11.1. The summed E-state index contributed by atoms with van der Waals surface area (Å²) in [6, 6.07) is 2.89. The lowest BCUT2D eigenvalue weighted by Gasteiger charge is -2.33. The molecule has 0 saturated carbocycles. The van der Waals surface area contributed by atoms with Crippen LogP contribution in [0.1, 0.15) is 24.5 Å². The van der Waals surface area contributed by atoms with Crippen molar-refractivity contribution >= 4 is 10.0 Å². The van der Waals surface area contributed by atoms with Crippen LogP contribution < -0.4 is 0 Å². The van der Waals surface area contributed by atoms with Crippen LogP contribution in [-0.4, -0.2) is 47.5 Å². The summed E-state index contributed by atoms with van der Waals surface area (Å²) in [7, 11) is -1.90. The standard InChI is InChI=1S/C15H20N4O3S/c1-12-15-17-10-13(5-9-22-2)18(15)7-8-19(12)23(20,21)14-4-3-6-16-11-14/h3-4,6,10-12H,5,7-9H2,1-2H3/t12-/m1/s1. The van der Waals surface area contributed by atoms with E-state index in [-0.39, 0.29) is 10.9 Å². The Morgan fingerprint density at radius 2 is 2.17 bits per heavy atom. The summed E-state index contributed by atoms with van der Waals surface area (Å²) in [5, 5.41) is 0. The predicted octanol–water partition coefficient (Wildman–Crippen LogP) is 1.23. The van der Waals surface area contributed by atoms with Gasteiger partial charge in [-0.25, -0.2) is 13.4 Å². The molecule has 0 amide bonds. The van der Waals surface area contributed by atoms with Crippen LogP contribution in [0.5, 0.6) is 0 Å². The number of aromatic nitrogens is 3. The van der Waals surface area contributed by atoms with Crippen LogP contribution in [0, 0.1) is 0 Å². The van der Waals surface area contributed by atoms with E-state index in [9.17, 15) is 8.42 Å². The number of hydrogen-bond acceptors (Lipinski definition) is 5. The van der Waals surface area contributed by atoms with E-state index >= 15 is 0 Å². The molecule has 0 aromatic carbocycles. The van der Waals surface area contributed by atoms with E-state index in [2.05, 4.69) is 14.5 Å². The number of fused-ring (bicyclic) bond motifs is 1. The van der Waals surface area contributed by atoms with Gasteiger partial charge in [-0.2, -0.15) is 4.31 Å². The molecule has 0 aliphatic carbocycles. The lowest BCUT2D eigenvalue weighted by Crippen LogP contribution is -2.41. The highest BCUT2D eigenvalue weighted by molar-refractivity contribution is 7.89. The van der Waals surface area contributed by atoms with Crippen molar-refractivity contribution in [1.82, 2.24) is 18.8 Å². The van der Waals surface area contributed by atoms with E-state index < -0.39 is 10.0 Å². The third-order valence-corrected chi connectivity index (χ3v) is 6.08. The Kier molecular flexibility index (Phi) is 4.47. The number of imidazole rings is 1. The molecule has 0 fully saturated rings. The zero-order chi connectivity index (χ0) is 16.4. The first-order valence-electron chi connectivity index (χ1n) is 7.51. The van der Waals surface area contributed by atoms with E-state index in [1.807, 2.05) is 13.1 Å². The van der Waals surface area contributed by atoms with Crippen LogP contribution >= 0.6 is 0 Å². The zero-order valence-corrected chi connectivity index (χ0v) is 14.0. The van der Waals surface area contributed by atoms with E-state index in [0.29, 0.717) is 19.7 Å². The van der Waals surface area contributed by atoms with Gasteiger partial charge in [0.1, 0.15) is 10.7 Å². The van der Waals surface area contributed by atoms with E-state index in [4.69, 9.17) is 4.74 Å². The highest BCUT2D eigenvalue weighted by atomic mass is 32.2. The molecule has 0 radical (unpaired) electrons. The second-order valence-electron chi connectivity index (χ2n) is 5.48. The Balaban J connectivity index is 1.90. The number of methoxy groups -OCH3 is 1. The smallest absolute Gasteiger partial charge is 0.245 e. The molecule has 7 nitrogen and oxygen atoms in total. The predicted molar refractivity (Wildman–Crippen MR) is 84.4 cm³/mol. The van der Waals surface area contributed by atoms with Gasteiger partial charge in [-0.15, -0.1) is 0 Å². The van der Waals surface area contributed by atoms with E-state index in [0.717, 1.165) is 17.9 Å². The van der Waals surface area contributed by atoms with Gasteiger partial charge in [0.2, 0.25) is 10.0 Å². The third kappa shape index (κ3) is 2.89. The first-order valence-corrected chi connectivity index (χ1v) is 8.95. The Morgan fingerprint density at radius 1 is 1.35 bits per heavy atom.